The molecule has 0 amide bonds. The van der Waals surface area contributed by atoms with Crippen LogP contribution in [0.2, 0.25) is 0 Å². The van der Waals surface area contributed by atoms with E-state index in [1.807, 2.05) is 26.0 Å². The van der Waals surface area contributed by atoms with Crippen LogP contribution < -0.4 is 16.1 Å². The van der Waals surface area contributed by atoms with Crippen molar-refractivity contribution in [3.05, 3.63) is 35.0 Å². The van der Waals surface area contributed by atoms with Crippen LogP contribution in [-0.2, 0) is 16.0 Å². The first-order valence-corrected chi connectivity index (χ1v) is 9.33. The molecule has 8 nitrogen and oxygen atoms in total. The van der Waals surface area contributed by atoms with E-state index in [2.05, 4.69) is 26.7 Å². The summed E-state index contributed by atoms with van der Waals surface area (Å²) in [6.07, 6.45) is 2.46. The third-order valence-corrected chi connectivity index (χ3v) is 5.19. The van der Waals surface area contributed by atoms with E-state index in [1.165, 1.54) is 0 Å². The van der Waals surface area contributed by atoms with Gasteiger partial charge in [0.05, 0.1) is 31.2 Å². The lowest BCUT2D eigenvalue weighted by Gasteiger charge is -2.28. The molecule has 0 saturated carbocycles. The van der Waals surface area contributed by atoms with Gasteiger partial charge >= 0.3 is 7.12 Å². The maximum Gasteiger partial charge on any atom is 0.492 e. The van der Waals surface area contributed by atoms with E-state index in [0.717, 1.165) is 27.8 Å². The minimum absolute atomic E-state index is 0.0962. The van der Waals surface area contributed by atoms with Crippen LogP contribution >= 0.6 is 0 Å². The second kappa shape index (κ2) is 7.76. The highest BCUT2D eigenvalue weighted by molar-refractivity contribution is 6.62. The van der Waals surface area contributed by atoms with Crippen molar-refractivity contribution in [2.75, 3.05) is 23.8 Å². The molecule has 144 valence electrons. The van der Waals surface area contributed by atoms with Gasteiger partial charge in [0.2, 0.25) is 5.95 Å². The molecule has 1 saturated heterocycles. The molecule has 1 aromatic carbocycles. The first-order chi connectivity index (χ1) is 13.5. The van der Waals surface area contributed by atoms with Gasteiger partial charge in [0.15, 0.2) is 0 Å². The molecular weight excluding hydrogens is 357 g/mol. The highest BCUT2D eigenvalue weighted by Gasteiger charge is 2.29. The zero-order valence-electron chi connectivity index (χ0n) is 15.9. The number of anilines is 3. The predicted molar refractivity (Wildman–Crippen MR) is 106 cm³/mol. The molecule has 1 aromatic heterocycles. The fraction of sp³-hybridized carbons (Fsp3) is 0.421. The number of rotatable bonds is 4. The number of nitrogens with zero attached hydrogens (tertiary/aromatic N) is 3. The molecule has 0 spiro atoms. The molecule has 2 aliphatic heterocycles. The minimum Gasteiger partial charge on any atom is -0.423 e. The Morgan fingerprint density at radius 1 is 1.32 bits per heavy atom. The highest BCUT2D eigenvalue weighted by atomic mass is 16.5. The standard InChI is InChI=1S/C19H22BN5O3/c1-11-5-15(6-14-9-28-20(26)17(11)14)23-19-22-8-12(2)18(25-19)24-16-10-27-4-3-13(16)7-21/h5-6,8,13,16,26H,3-4,9-10H2,1-2H3,(H2,22,23,24,25). The van der Waals surface area contributed by atoms with Gasteiger partial charge in [-0.15, -0.1) is 0 Å². The predicted octanol–water partition coefficient (Wildman–Crippen LogP) is 1.40. The zero-order chi connectivity index (χ0) is 19.7. The second-order valence-corrected chi connectivity index (χ2v) is 7.23. The van der Waals surface area contributed by atoms with Crippen molar-refractivity contribution in [3.8, 4) is 6.07 Å². The molecule has 1 fully saturated rings. The van der Waals surface area contributed by atoms with Crippen LogP contribution in [0.1, 0.15) is 23.1 Å². The van der Waals surface area contributed by atoms with Gasteiger partial charge in [0, 0.05) is 24.1 Å². The van der Waals surface area contributed by atoms with E-state index in [1.54, 1.807) is 6.20 Å². The largest absolute Gasteiger partial charge is 0.492 e. The summed E-state index contributed by atoms with van der Waals surface area (Å²) in [5, 5.41) is 25.8. The van der Waals surface area contributed by atoms with E-state index in [0.29, 0.717) is 38.0 Å². The Bertz CT molecular complexity index is 933. The molecule has 0 bridgehead atoms. The molecular formula is C19H22BN5O3. The Kier molecular flexibility index (Phi) is 5.18. The monoisotopic (exact) mass is 379 g/mol. The van der Waals surface area contributed by atoms with E-state index in [9.17, 15) is 10.3 Å². The fourth-order valence-corrected chi connectivity index (χ4v) is 3.66. The molecule has 2 aliphatic rings. The topological polar surface area (TPSA) is 112 Å². The van der Waals surface area contributed by atoms with Crippen LogP contribution in [0.3, 0.4) is 0 Å². The summed E-state index contributed by atoms with van der Waals surface area (Å²) in [5.74, 6) is 1.03. The normalized spacial score (nSPS) is 21.1. The Morgan fingerprint density at radius 3 is 3.00 bits per heavy atom. The number of fused-ring (bicyclic) bond motifs is 1. The third kappa shape index (κ3) is 3.67. The Labute approximate surface area is 164 Å². The lowest BCUT2D eigenvalue weighted by molar-refractivity contribution is 0.0698. The van der Waals surface area contributed by atoms with Crippen molar-refractivity contribution in [3.63, 3.8) is 0 Å². The SMILES string of the molecule is Cc1cnc(Nc2cc(C)c3c(c2)COB3O)nc1NC1COCCC1C#N. The van der Waals surface area contributed by atoms with Gasteiger partial charge in [0.25, 0.3) is 0 Å². The third-order valence-electron chi connectivity index (χ3n) is 5.19. The van der Waals surface area contributed by atoms with Gasteiger partial charge < -0.3 is 25.0 Å². The summed E-state index contributed by atoms with van der Waals surface area (Å²) in [4.78, 5) is 8.96. The van der Waals surface area contributed by atoms with Crippen molar-refractivity contribution >= 4 is 30.0 Å². The van der Waals surface area contributed by atoms with Crippen molar-refractivity contribution in [1.29, 1.82) is 5.26 Å². The maximum absolute atomic E-state index is 9.90. The number of ether oxygens (including phenoxy) is 1. The summed E-state index contributed by atoms with van der Waals surface area (Å²) in [7, 11) is -0.860. The van der Waals surface area contributed by atoms with Gasteiger partial charge in [-0.3, -0.25) is 0 Å². The first-order valence-electron chi connectivity index (χ1n) is 9.33. The number of aryl methyl sites for hydroxylation is 2. The summed E-state index contributed by atoms with van der Waals surface area (Å²) in [6, 6.07) is 6.13. The van der Waals surface area contributed by atoms with Crippen LogP contribution in [0.15, 0.2) is 18.3 Å². The first kappa shape index (κ1) is 18.7. The molecule has 2 unspecified atom stereocenters. The fourth-order valence-electron chi connectivity index (χ4n) is 3.66. The summed E-state index contributed by atoms with van der Waals surface area (Å²) in [6.45, 7) is 5.34. The van der Waals surface area contributed by atoms with Gasteiger partial charge in [-0.25, -0.2) is 4.98 Å². The summed E-state index contributed by atoms with van der Waals surface area (Å²) >= 11 is 0. The zero-order valence-corrected chi connectivity index (χ0v) is 15.9. The summed E-state index contributed by atoms with van der Waals surface area (Å²) < 4.78 is 10.8. The number of hydrogen-bond acceptors (Lipinski definition) is 8. The van der Waals surface area contributed by atoms with E-state index >= 15 is 0 Å². The second-order valence-electron chi connectivity index (χ2n) is 7.23. The van der Waals surface area contributed by atoms with Crippen molar-refractivity contribution in [1.82, 2.24) is 9.97 Å². The average molecular weight is 379 g/mol. The molecule has 3 heterocycles. The molecule has 4 rings (SSSR count). The van der Waals surface area contributed by atoms with Crippen LogP contribution in [0, 0.1) is 31.1 Å². The smallest absolute Gasteiger partial charge is 0.423 e. The van der Waals surface area contributed by atoms with Crippen molar-refractivity contribution in [2.45, 2.75) is 32.9 Å². The molecule has 28 heavy (non-hydrogen) atoms. The average Bonchev–Trinajstić information content (AvgIpc) is 3.06. The maximum atomic E-state index is 9.90. The minimum atomic E-state index is -0.860. The van der Waals surface area contributed by atoms with Gasteiger partial charge in [0.1, 0.15) is 5.82 Å². The molecule has 3 N–H and O–H groups in total. The Balaban J connectivity index is 1.55. The molecule has 9 heteroatoms. The van der Waals surface area contributed by atoms with E-state index < -0.39 is 7.12 Å². The highest BCUT2D eigenvalue weighted by Crippen LogP contribution is 2.24. The van der Waals surface area contributed by atoms with Crippen molar-refractivity contribution in [2.24, 2.45) is 5.92 Å². The van der Waals surface area contributed by atoms with Crippen LogP contribution in [0.5, 0.6) is 0 Å². The van der Waals surface area contributed by atoms with Crippen LogP contribution in [-0.4, -0.2) is 41.4 Å². The van der Waals surface area contributed by atoms with Crippen LogP contribution in [0.25, 0.3) is 0 Å². The quantitative estimate of drug-likeness (QED) is 0.684. The number of nitrogens with one attached hydrogen (secondary N) is 2. The number of benzene rings is 1. The van der Waals surface area contributed by atoms with Crippen LogP contribution in [0.4, 0.5) is 17.5 Å². The molecule has 2 atom stereocenters. The number of hydrogen-bond donors (Lipinski definition) is 3. The number of nitriles is 1. The number of aromatic nitrogens is 2. The van der Waals surface area contributed by atoms with E-state index in [4.69, 9.17) is 9.39 Å². The lowest BCUT2D eigenvalue weighted by atomic mass is 9.76. The van der Waals surface area contributed by atoms with Gasteiger partial charge in [-0.2, -0.15) is 10.2 Å². The van der Waals surface area contributed by atoms with E-state index in [-0.39, 0.29) is 12.0 Å². The van der Waals surface area contributed by atoms with Gasteiger partial charge in [-0.1, -0.05) is 0 Å². The van der Waals surface area contributed by atoms with Gasteiger partial charge in [-0.05, 0) is 49.0 Å². The Morgan fingerprint density at radius 2 is 2.18 bits per heavy atom. The lowest BCUT2D eigenvalue weighted by Crippen LogP contribution is -2.38. The Hall–Kier alpha value is -2.67. The van der Waals surface area contributed by atoms with Crippen molar-refractivity contribution < 1.29 is 14.4 Å². The molecule has 0 aliphatic carbocycles. The summed E-state index contributed by atoms with van der Waals surface area (Å²) in [5.41, 5.74) is 4.47. The molecule has 2 aromatic rings. The molecule has 0 radical (unpaired) electrons.